The van der Waals surface area contributed by atoms with E-state index in [0.29, 0.717) is 12.6 Å². The predicted octanol–water partition coefficient (Wildman–Crippen LogP) is 3.00. The Balaban J connectivity index is 1.49. The lowest BCUT2D eigenvalue weighted by molar-refractivity contribution is -0.0871. The van der Waals surface area contributed by atoms with Gasteiger partial charge >= 0.3 is 6.03 Å². The first-order valence-electron chi connectivity index (χ1n) is 9.00. The summed E-state index contributed by atoms with van der Waals surface area (Å²) >= 11 is 2.02. The van der Waals surface area contributed by atoms with Crippen LogP contribution in [0.15, 0.2) is 0 Å². The summed E-state index contributed by atoms with van der Waals surface area (Å²) in [5.74, 6) is 1.45. The van der Waals surface area contributed by atoms with Crippen molar-refractivity contribution >= 4 is 17.8 Å². The highest BCUT2D eigenvalue weighted by atomic mass is 32.2. The summed E-state index contributed by atoms with van der Waals surface area (Å²) in [5, 5.41) is 14.7. The van der Waals surface area contributed by atoms with E-state index in [0.717, 1.165) is 56.1 Å². The minimum absolute atomic E-state index is 0.0970. The lowest BCUT2D eigenvalue weighted by atomic mass is 9.71. The quantitative estimate of drug-likeness (QED) is 0.838. The molecule has 4 nitrogen and oxygen atoms in total. The molecule has 2 aliphatic carbocycles. The Morgan fingerprint density at radius 2 is 2.18 bits per heavy atom. The second kappa shape index (κ2) is 7.00. The van der Waals surface area contributed by atoms with Gasteiger partial charge in [-0.15, -0.1) is 0 Å². The number of aliphatic hydroxyl groups is 1. The zero-order valence-corrected chi connectivity index (χ0v) is 14.5. The maximum absolute atomic E-state index is 12.5. The van der Waals surface area contributed by atoms with Crippen LogP contribution in [0.25, 0.3) is 0 Å². The summed E-state index contributed by atoms with van der Waals surface area (Å²) in [6.45, 7) is 3.65. The van der Waals surface area contributed by atoms with Crippen LogP contribution in [-0.2, 0) is 0 Å². The third kappa shape index (κ3) is 3.56. The number of amides is 2. The number of thioether (sulfide) groups is 1. The topological polar surface area (TPSA) is 52.6 Å². The van der Waals surface area contributed by atoms with Crippen molar-refractivity contribution in [3.63, 3.8) is 0 Å². The summed E-state index contributed by atoms with van der Waals surface area (Å²) in [7, 11) is 0. The molecule has 126 valence electrons. The number of nitrogens with zero attached hydrogens (tertiary/aromatic N) is 1. The Kier molecular flexibility index (Phi) is 5.23. The van der Waals surface area contributed by atoms with Crippen molar-refractivity contribution in [2.45, 2.75) is 75.2 Å². The van der Waals surface area contributed by atoms with Gasteiger partial charge in [0, 0.05) is 30.3 Å². The van der Waals surface area contributed by atoms with E-state index in [1.165, 1.54) is 12.8 Å². The third-order valence-electron chi connectivity index (χ3n) is 5.83. The first kappa shape index (κ1) is 16.4. The van der Waals surface area contributed by atoms with Crippen molar-refractivity contribution in [2.75, 3.05) is 18.8 Å². The van der Waals surface area contributed by atoms with Gasteiger partial charge in [-0.1, -0.05) is 19.8 Å². The van der Waals surface area contributed by atoms with Crippen molar-refractivity contribution in [1.29, 1.82) is 0 Å². The van der Waals surface area contributed by atoms with Gasteiger partial charge in [0.15, 0.2) is 0 Å². The minimum Gasteiger partial charge on any atom is -0.389 e. The number of nitrogens with one attached hydrogen (secondary N) is 1. The number of carbonyl (C=O) groups is 1. The van der Waals surface area contributed by atoms with Crippen LogP contribution in [-0.4, -0.2) is 51.8 Å². The van der Waals surface area contributed by atoms with E-state index in [2.05, 4.69) is 12.2 Å². The van der Waals surface area contributed by atoms with Crippen LogP contribution in [0.1, 0.15) is 58.3 Å². The zero-order chi connectivity index (χ0) is 15.6. The van der Waals surface area contributed by atoms with Crippen LogP contribution in [0.4, 0.5) is 4.79 Å². The minimum atomic E-state index is -0.495. The van der Waals surface area contributed by atoms with Crippen molar-refractivity contribution in [3.05, 3.63) is 0 Å². The molecule has 4 unspecified atom stereocenters. The van der Waals surface area contributed by atoms with E-state index >= 15 is 0 Å². The van der Waals surface area contributed by atoms with Gasteiger partial charge in [0.2, 0.25) is 0 Å². The Labute approximate surface area is 138 Å². The number of rotatable bonds is 3. The molecule has 3 fully saturated rings. The van der Waals surface area contributed by atoms with Gasteiger partial charge in [0.25, 0.3) is 0 Å². The molecule has 2 amide bonds. The number of urea groups is 1. The highest BCUT2D eigenvalue weighted by Gasteiger charge is 2.44. The lowest BCUT2D eigenvalue weighted by Crippen LogP contribution is -2.57. The van der Waals surface area contributed by atoms with Gasteiger partial charge in [0.1, 0.15) is 0 Å². The van der Waals surface area contributed by atoms with Crippen LogP contribution in [0.3, 0.4) is 0 Å². The van der Waals surface area contributed by atoms with E-state index < -0.39 is 5.60 Å². The molecule has 2 saturated carbocycles. The summed E-state index contributed by atoms with van der Waals surface area (Å²) in [4.78, 5) is 14.5. The monoisotopic (exact) mass is 326 g/mol. The summed E-state index contributed by atoms with van der Waals surface area (Å²) < 4.78 is 0. The van der Waals surface area contributed by atoms with E-state index in [4.69, 9.17) is 0 Å². The molecule has 5 heteroatoms. The van der Waals surface area contributed by atoms with Crippen molar-refractivity contribution < 1.29 is 9.90 Å². The Hall–Kier alpha value is -0.420. The Morgan fingerprint density at radius 3 is 3.00 bits per heavy atom. The average Bonchev–Trinajstić information content (AvgIpc) is 2.94. The highest BCUT2D eigenvalue weighted by molar-refractivity contribution is 7.99. The van der Waals surface area contributed by atoms with Crippen LogP contribution >= 0.6 is 11.8 Å². The molecule has 1 saturated heterocycles. The predicted molar refractivity (Wildman–Crippen MR) is 91.2 cm³/mol. The van der Waals surface area contributed by atoms with Gasteiger partial charge in [-0.3, -0.25) is 0 Å². The Morgan fingerprint density at radius 1 is 1.32 bits per heavy atom. The molecule has 3 aliphatic rings. The van der Waals surface area contributed by atoms with E-state index in [1.807, 2.05) is 16.7 Å². The molecule has 4 atom stereocenters. The number of hydrogen-bond acceptors (Lipinski definition) is 3. The first-order chi connectivity index (χ1) is 10.6. The van der Waals surface area contributed by atoms with Crippen molar-refractivity contribution in [3.8, 4) is 0 Å². The molecule has 2 N–H and O–H groups in total. The van der Waals surface area contributed by atoms with Crippen molar-refractivity contribution in [1.82, 2.24) is 10.2 Å². The summed E-state index contributed by atoms with van der Waals surface area (Å²) in [6, 6.07) is 0.448. The van der Waals surface area contributed by atoms with Gasteiger partial charge in [0.05, 0.1) is 5.60 Å². The standard InChI is InChI=1S/C17H30N2O2S/c1-2-22-15-7-6-14(11-15)18-16(20)19-10-9-17(21)8-4-3-5-13(17)12-19/h13-15,21H,2-12H2,1H3,(H,18,20). The van der Waals surface area contributed by atoms with Gasteiger partial charge in [-0.05, 0) is 44.3 Å². The number of piperidine rings is 1. The molecule has 0 bridgehead atoms. The average molecular weight is 327 g/mol. The molecule has 0 aromatic carbocycles. The highest BCUT2D eigenvalue weighted by Crippen LogP contribution is 2.39. The fourth-order valence-corrected chi connectivity index (χ4v) is 5.62. The fourth-order valence-electron chi connectivity index (χ4n) is 4.48. The molecule has 3 rings (SSSR count). The van der Waals surface area contributed by atoms with Crippen LogP contribution in [0.2, 0.25) is 0 Å². The Bertz CT molecular complexity index is 406. The second-order valence-electron chi connectivity index (χ2n) is 7.28. The van der Waals surface area contributed by atoms with E-state index in [9.17, 15) is 9.90 Å². The fraction of sp³-hybridized carbons (Fsp3) is 0.941. The van der Waals surface area contributed by atoms with Gasteiger partial charge < -0.3 is 15.3 Å². The normalized spacial score (nSPS) is 38.6. The molecule has 0 aromatic rings. The second-order valence-corrected chi connectivity index (χ2v) is 8.86. The SMILES string of the molecule is CCSC1CCC(NC(=O)N2CCC3(O)CCCCC3C2)C1. The molecular weight excluding hydrogens is 296 g/mol. The maximum atomic E-state index is 12.5. The van der Waals surface area contributed by atoms with Crippen LogP contribution in [0.5, 0.6) is 0 Å². The number of likely N-dealkylation sites (tertiary alicyclic amines) is 1. The van der Waals surface area contributed by atoms with Gasteiger partial charge in [-0.25, -0.2) is 4.79 Å². The zero-order valence-electron chi connectivity index (χ0n) is 13.7. The summed E-state index contributed by atoms with van der Waals surface area (Å²) in [5.41, 5.74) is -0.495. The number of fused-ring (bicyclic) bond motifs is 1. The molecule has 1 heterocycles. The van der Waals surface area contributed by atoms with Gasteiger partial charge in [-0.2, -0.15) is 11.8 Å². The first-order valence-corrected chi connectivity index (χ1v) is 10.0. The van der Waals surface area contributed by atoms with Crippen molar-refractivity contribution in [2.24, 2.45) is 5.92 Å². The van der Waals surface area contributed by atoms with E-state index in [-0.39, 0.29) is 11.9 Å². The summed E-state index contributed by atoms with van der Waals surface area (Å²) in [6.07, 6.45) is 8.54. The third-order valence-corrected chi connectivity index (χ3v) is 7.06. The smallest absolute Gasteiger partial charge is 0.317 e. The molecular formula is C17H30N2O2S. The molecule has 1 aliphatic heterocycles. The largest absolute Gasteiger partial charge is 0.389 e. The van der Waals surface area contributed by atoms with Crippen LogP contribution < -0.4 is 5.32 Å². The maximum Gasteiger partial charge on any atom is 0.317 e. The molecule has 0 spiro atoms. The molecule has 0 radical (unpaired) electrons. The van der Waals surface area contributed by atoms with Crippen LogP contribution in [0, 0.1) is 5.92 Å². The lowest BCUT2D eigenvalue weighted by Gasteiger charge is -2.47. The molecule has 22 heavy (non-hydrogen) atoms. The molecule has 0 aromatic heterocycles. The van der Waals surface area contributed by atoms with E-state index in [1.54, 1.807) is 0 Å². The number of hydrogen-bond donors (Lipinski definition) is 2. The number of carbonyl (C=O) groups excluding carboxylic acids is 1.